The maximum Gasteiger partial charge on any atom is 0.287 e. The molecule has 0 radical (unpaired) electrons. The Bertz CT molecular complexity index is 1010. The number of hydrazine groups is 1. The van der Waals surface area contributed by atoms with Crippen molar-refractivity contribution in [2.24, 2.45) is 0 Å². The SMILES string of the molecule is CC(=O)NN(Cc1c(C(=O)NCc2ccccc2)oc2ccccc12)C(C)=O. The minimum absolute atomic E-state index is 0.0139. The summed E-state index contributed by atoms with van der Waals surface area (Å²) in [5.74, 6) is -0.996. The molecule has 2 N–H and O–H groups in total. The number of carbonyl (C=O) groups is 3. The van der Waals surface area contributed by atoms with Crippen molar-refractivity contribution in [3.8, 4) is 0 Å². The van der Waals surface area contributed by atoms with E-state index < -0.39 is 0 Å². The van der Waals surface area contributed by atoms with Gasteiger partial charge in [0.15, 0.2) is 5.76 Å². The summed E-state index contributed by atoms with van der Waals surface area (Å²) in [7, 11) is 0. The molecule has 0 saturated carbocycles. The Morgan fingerprint density at radius 1 is 0.964 bits per heavy atom. The van der Waals surface area contributed by atoms with Gasteiger partial charge in [0.05, 0.1) is 6.54 Å². The first-order valence-corrected chi connectivity index (χ1v) is 8.83. The van der Waals surface area contributed by atoms with Gasteiger partial charge in [-0.15, -0.1) is 0 Å². The minimum atomic E-state index is -0.388. The summed E-state index contributed by atoms with van der Waals surface area (Å²) in [4.78, 5) is 36.1. The zero-order valence-corrected chi connectivity index (χ0v) is 15.7. The van der Waals surface area contributed by atoms with Gasteiger partial charge in [0.25, 0.3) is 5.91 Å². The molecule has 3 aromatic rings. The first-order chi connectivity index (χ1) is 13.5. The van der Waals surface area contributed by atoms with Gasteiger partial charge in [-0.05, 0) is 11.6 Å². The second-order valence-electron chi connectivity index (χ2n) is 6.35. The molecule has 7 heteroatoms. The third kappa shape index (κ3) is 4.37. The molecular weight excluding hydrogens is 358 g/mol. The second kappa shape index (κ2) is 8.39. The molecule has 0 aliphatic heterocycles. The number of benzene rings is 2. The fourth-order valence-electron chi connectivity index (χ4n) is 2.88. The van der Waals surface area contributed by atoms with Crippen LogP contribution in [0.2, 0.25) is 0 Å². The van der Waals surface area contributed by atoms with E-state index >= 15 is 0 Å². The largest absolute Gasteiger partial charge is 0.451 e. The number of nitrogens with zero attached hydrogens (tertiary/aromatic N) is 1. The maximum absolute atomic E-state index is 12.8. The molecule has 0 atom stereocenters. The van der Waals surface area contributed by atoms with Crippen LogP contribution in [0.15, 0.2) is 59.0 Å². The molecule has 3 rings (SSSR count). The normalized spacial score (nSPS) is 10.5. The van der Waals surface area contributed by atoms with Crippen LogP contribution >= 0.6 is 0 Å². The average Bonchev–Trinajstić information content (AvgIpc) is 3.04. The predicted molar refractivity (Wildman–Crippen MR) is 104 cm³/mol. The van der Waals surface area contributed by atoms with Crippen LogP contribution in [0.5, 0.6) is 0 Å². The molecule has 7 nitrogen and oxygen atoms in total. The summed E-state index contributed by atoms with van der Waals surface area (Å²) in [5.41, 5.74) is 4.50. The van der Waals surface area contributed by atoms with Crippen LogP contribution in [-0.2, 0) is 22.7 Å². The Labute approximate surface area is 162 Å². The van der Waals surface area contributed by atoms with Crippen molar-refractivity contribution in [2.45, 2.75) is 26.9 Å². The highest BCUT2D eigenvalue weighted by Crippen LogP contribution is 2.27. The molecule has 28 heavy (non-hydrogen) atoms. The number of fused-ring (bicyclic) bond motifs is 1. The van der Waals surface area contributed by atoms with Crippen molar-refractivity contribution in [1.82, 2.24) is 15.8 Å². The van der Waals surface area contributed by atoms with Gasteiger partial charge >= 0.3 is 0 Å². The molecule has 1 heterocycles. The van der Waals surface area contributed by atoms with E-state index in [0.717, 1.165) is 10.6 Å². The molecule has 0 spiro atoms. The molecule has 0 bridgehead atoms. The van der Waals surface area contributed by atoms with Gasteiger partial charge in [-0.1, -0.05) is 48.5 Å². The first kappa shape index (κ1) is 19.2. The third-order valence-electron chi connectivity index (χ3n) is 4.19. The van der Waals surface area contributed by atoms with Crippen molar-refractivity contribution in [1.29, 1.82) is 0 Å². The summed E-state index contributed by atoms with van der Waals surface area (Å²) < 4.78 is 5.77. The molecular formula is C21H21N3O4. The van der Waals surface area contributed by atoms with E-state index in [1.165, 1.54) is 13.8 Å². The number of carbonyl (C=O) groups excluding carboxylic acids is 3. The van der Waals surface area contributed by atoms with Crippen molar-refractivity contribution < 1.29 is 18.8 Å². The quantitative estimate of drug-likeness (QED) is 0.667. The number of para-hydroxylation sites is 1. The van der Waals surface area contributed by atoms with Crippen LogP contribution in [0.4, 0.5) is 0 Å². The lowest BCUT2D eigenvalue weighted by atomic mass is 10.1. The molecule has 3 amide bonds. The Balaban J connectivity index is 1.90. The average molecular weight is 379 g/mol. The monoisotopic (exact) mass is 379 g/mol. The fourth-order valence-corrected chi connectivity index (χ4v) is 2.88. The van der Waals surface area contributed by atoms with Gasteiger partial charge in [-0.25, -0.2) is 5.01 Å². The summed E-state index contributed by atoms with van der Waals surface area (Å²) in [5, 5.41) is 4.71. The Morgan fingerprint density at radius 2 is 1.64 bits per heavy atom. The van der Waals surface area contributed by atoms with Crippen molar-refractivity contribution >= 4 is 28.7 Å². The van der Waals surface area contributed by atoms with E-state index in [4.69, 9.17) is 4.42 Å². The highest BCUT2D eigenvalue weighted by atomic mass is 16.3. The molecule has 0 saturated heterocycles. The van der Waals surface area contributed by atoms with Crippen LogP contribution in [0.3, 0.4) is 0 Å². The molecule has 0 aliphatic rings. The van der Waals surface area contributed by atoms with E-state index in [0.29, 0.717) is 23.1 Å². The first-order valence-electron chi connectivity index (χ1n) is 8.83. The predicted octanol–water partition coefficient (Wildman–Crippen LogP) is 2.76. The van der Waals surface area contributed by atoms with Crippen molar-refractivity contribution in [3.05, 3.63) is 71.5 Å². The highest BCUT2D eigenvalue weighted by Gasteiger charge is 2.23. The Morgan fingerprint density at radius 3 is 2.32 bits per heavy atom. The Kier molecular flexibility index (Phi) is 5.74. The van der Waals surface area contributed by atoms with Crippen molar-refractivity contribution in [2.75, 3.05) is 0 Å². The Hall–Kier alpha value is -3.61. The van der Waals surface area contributed by atoms with E-state index in [1.807, 2.05) is 42.5 Å². The number of hydrogen-bond donors (Lipinski definition) is 2. The lowest BCUT2D eigenvalue weighted by molar-refractivity contribution is -0.139. The summed E-state index contributed by atoms with van der Waals surface area (Å²) in [6.45, 7) is 3.02. The smallest absolute Gasteiger partial charge is 0.287 e. The number of nitrogens with one attached hydrogen (secondary N) is 2. The molecule has 144 valence electrons. The van der Waals surface area contributed by atoms with Gasteiger partial charge in [0.2, 0.25) is 11.8 Å². The lowest BCUT2D eigenvalue weighted by Gasteiger charge is -2.21. The number of furan rings is 1. The second-order valence-corrected chi connectivity index (χ2v) is 6.35. The summed E-state index contributed by atoms with van der Waals surface area (Å²) >= 11 is 0. The van der Waals surface area contributed by atoms with E-state index in [2.05, 4.69) is 10.7 Å². The number of rotatable bonds is 5. The van der Waals surface area contributed by atoms with Crippen LogP contribution < -0.4 is 10.7 Å². The zero-order chi connectivity index (χ0) is 20.1. The van der Waals surface area contributed by atoms with Gasteiger partial charge < -0.3 is 9.73 Å². The summed E-state index contributed by atoms with van der Waals surface area (Å²) in [6, 6.07) is 16.7. The van der Waals surface area contributed by atoms with Gasteiger partial charge in [0, 0.05) is 31.3 Å². The minimum Gasteiger partial charge on any atom is -0.451 e. The van der Waals surface area contributed by atoms with Gasteiger partial charge in [0.1, 0.15) is 5.58 Å². The number of amides is 3. The van der Waals surface area contributed by atoms with Crippen LogP contribution in [-0.4, -0.2) is 22.7 Å². The molecule has 0 aliphatic carbocycles. The fraction of sp³-hybridized carbons (Fsp3) is 0.190. The van der Waals surface area contributed by atoms with E-state index in [1.54, 1.807) is 12.1 Å². The zero-order valence-electron chi connectivity index (χ0n) is 15.7. The van der Waals surface area contributed by atoms with E-state index in [-0.39, 0.29) is 30.0 Å². The molecule has 2 aromatic carbocycles. The lowest BCUT2D eigenvalue weighted by Crippen LogP contribution is -2.43. The number of hydrogen-bond acceptors (Lipinski definition) is 4. The van der Waals surface area contributed by atoms with Gasteiger partial charge in [-0.3, -0.25) is 19.8 Å². The topological polar surface area (TPSA) is 91.7 Å². The van der Waals surface area contributed by atoms with Crippen LogP contribution in [0, 0.1) is 0 Å². The van der Waals surface area contributed by atoms with Crippen molar-refractivity contribution in [3.63, 3.8) is 0 Å². The third-order valence-corrected chi connectivity index (χ3v) is 4.19. The van der Waals surface area contributed by atoms with Crippen LogP contribution in [0.1, 0.15) is 35.5 Å². The standard InChI is InChI=1S/C21H21N3O4/c1-14(25)23-24(15(2)26)13-18-17-10-6-7-11-19(17)28-20(18)21(27)22-12-16-8-4-3-5-9-16/h3-11H,12-13H2,1-2H3,(H,22,27)(H,23,25). The highest BCUT2D eigenvalue weighted by molar-refractivity contribution is 5.99. The maximum atomic E-state index is 12.8. The van der Waals surface area contributed by atoms with Crippen LogP contribution in [0.25, 0.3) is 11.0 Å². The molecule has 1 aromatic heterocycles. The van der Waals surface area contributed by atoms with E-state index in [9.17, 15) is 14.4 Å². The summed E-state index contributed by atoms with van der Waals surface area (Å²) in [6.07, 6.45) is 0. The molecule has 0 fully saturated rings. The van der Waals surface area contributed by atoms with Gasteiger partial charge in [-0.2, -0.15) is 0 Å². The molecule has 0 unspecified atom stereocenters.